The predicted molar refractivity (Wildman–Crippen MR) is 57.2 cm³/mol. The molecule has 6 heteroatoms. The Kier molecular flexibility index (Phi) is 3.34. The molecular weight excluding hydrogens is 212 g/mol. The van der Waals surface area contributed by atoms with Gasteiger partial charge in [0.2, 0.25) is 0 Å². The molecule has 86 valence electrons. The van der Waals surface area contributed by atoms with Gasteiger partial charge in [0.05, 0.1) is 6.54 Å². The van der Waals surface area contributed by atoms with Crippen LogP contribution in [0.2, 0.25) is 0 Å². The number of nitrogens with zero attached hydrogens (tertiary/aromatic N) is 1. The van der Waals surface area contributed by atoms with Crippen molar-refractivity contribution in [1.29, 1.82) is 0 Å². The monoisotopic (exact) mass is 224 g/mol. The molecule has 0 heterocycles. The smallest absolute Gasteiger partial charge is 0.417 e. The molecule has 0 aromatic heterocycles. The molecule has 0 aliphatic rings. The highest BCUT2D eigenvalue weighted by molar-refractivity contribution is 5.85. The maximum Gasteiger partial charge on any atom is 0.417 e. The van der Waals surface area contributed by atoms with Crippen LogP contribution in [0.5, 0.6) is 0 Å². The van der Waals surface area contributed by atoms with Crippen LogP contribution in [0.25, 0.3) is 0 Å². The van der Waals surface area contributed by atoms with E-state index in [1.54, 1.807) is 25.1 Å². The number of nitrogens with two attached hydrogens (primary N) is 1. The number of benzene rings is 1. The van der Waals surface area contributed by atoms with Crippen molar-refractivity contribution < 1.29 is 19.8 Å². The minimum atomic E-state index is -1.52. The fourth-order valence-corrected chi connectivity index (χ4v) is 1.27. The predicted octanol–water partition coefficient (Wildman–Crippen LogP) is 1.74. The van der Waals surface area contributed by atoms with E-state index in [1.165, 1.54) is 0 Å². The van der Waals surface area contributed by atoms with Crippen LogP contribution in [-0.4, -0.2) is 27.3 Å². The summed E-state index contributed by atoms with van der Waals surface area (Å²) in [6.07, 6.45) is -3.04. The Labute approximate surface area is 91.9 Å². The number of imide groups is 1. The molecule has 0 fully saturated rings. The number of hydrogen-bond acceptors (Lipinski definition) is 3. The highest BCUT2D eigenvalue weighted by Gasteiger charge is 2.20. The summed E-state index contributed by atoms with van der Waals surface area (Å²) in [6.45, 7) is 1.50. The zero-order valence-electron chi connectivity index (χ0n) is 8.67. The van der Waals surface area contributed by atoms with Gasteiger partial charge >= 0.3 is 12.2 Å². The molecule has 1 aromatic rings. The first-order valence-electron chi connectivity index (χ1n) is 4.51. The largest absolute Gasteiger partial charge is 0.465 e. The molecule has 0 unspecified atom stereocenters. The first-order chi connectivity index (χ1) is 7.43. The van der Waals surface area contributed by atoms with E-state index in [4.69, 9.17) is 15.9 Å². The summed E-state index contributed by atoms with van der Waals surface area (Å²) in [4.78, 5) is 21.6. The van der Waals surface area contributed by atoms with Crippen molar-refractivity contribution in [2.45, 2.75) is 13.5 Å². The molecule has 6 nitrogen and oxygen atoms in total. The van der Waals surface area contributed by atoms with Gasteiger partial charge in [-0.15, -0.1) is 0 Å². The van der Waals surface area contributed by atoms with Crippen molar-refractivity contribution in [2.75, 3.05) is 5.73 Å². The fourth-order valence-electron chi connectivity index (χ4n) is 1.27. The van der Waals surface area contributed by atoms with Crippen molar-refractivity contribution >= 4 is 17.9 Å². The van der Waals surface area contributed by atoms with E-state index in [0.717, 1.165) is 5.56 Å². The molecule has 4 N–H and O–H groups in total. The number of nitrogen functional groups attached to an aromatic ring is 1. The number of para-hydroxylation sites is 1. The number of hydrogen-bond donors (Lipinski definition) is 3. The van der Waals surface area contributed by atoms with Crippen molar-refractivity contribution in [3.8, 4) is 0 Å². The Hall–Kier alpha value is -2.24. The van der Waals surface area contributed by atoms with Crippen LogP contribution in [0.15, 0.2) is 18.2 Å². The van der Waals surface area contributed by atoms with Gasteiger partial charge in [-0.3, -0.25) is 0 Å². The highest BCUT2D eigenvalue weighted by Crippen LogP contribution is 2.18. The third kappa shape index (κ3) is 2.41. The lowest BCUT2D eigenvalue weighted by molar-refractivity contribution is 0.120. The van der Waals surface area contributed by atoms with Gasteiger partial charge in [-0.2, -0.15) is 0 Å². The van der Waals surface area contributed by atoms with Crippen molar-refractivity contribution in [2.24, 2.45) is 0 Å². The van der Waals surface area contributed by atoms with E-state index < -0.39 is 12.2 Å². The first kappa shape index (κ1) is 11.8. The van der Waals surface area contributed by atoms with Gasteiger partial charge < -0.3 is 15.9 Å². The molecule has 0 saturated carbocycles. The van der Waals surface area contributed by atoms with Gasteiger partial charge in [-0.1, -0.05) is 18.2 Å². The summed E-state index contributed by atoms with van der Waals surface area (Å²) in [7, 11) is 0. The molecule has 0 spiro atoms. The standard InChI is InChI=1S/C10H12N2O4/c1-6-3-2-4-7(8(6)11)5-12(9(13)14)10(15)16/h2-4H,5,11H2,1H3,(H,13,14)(H,15,16). The molecule has 0 aliphatic heterocycles. The third-order valence-electron chi connectivity index (χ3n) is 2.20. The summed E-state index contributed by atoms with van der Waals surface area (Å²) in [6, 6.07) is 5.06. The van der Waals surface area contributed by atoms with Gasteiger partial charge in [0.15, 0.2) is 0 Å². The van der Waals surface area contributed by atoms with E-state index in [9.17, 15) is 9.59 Å². The molecule has 0 radical (unpaired) electrons. The number of rotatable bonds is 2. The van der Waals surface area contributed by atoms with Crippen LogP contribution in [0.4, 0.5) is 15.3 Å². The van der Waals surface area contributed by atoms with E-state index in [1.807, 2.05) is 0 Å². The Bertz CT molecular complexity index is 417. The summed E-state index contributed by atoms with van der Waals surface area (Å²) >= 11 is 0. The Morgan fingerprint density at radius 2 is 1.88 bits per heavy atom. The van der Waals surface area contributed by atoms with E-state index >= 15 is 0 Å². The van der Waals surface area contributed by atoms with Crippen LogP contribution in [-0.2, 0) is 6.54 Å². The second-order valence-electron chi connectivity index (χ2n) is 3.30. The third-order valence-corrected chi connectivity index (χ3v) is 2.20. The first-order valence-corrected chi connectivity index (χ1v) is 4.51. The quantitative estimate of drug-likeness (QED) is 0.663. The van der Waals surface area contributed by atoms with Gasteiger partial charge in [0.25, 0.3) is 0 Å². The second-order valence-corrected chi connectivity index (χ2v) is 3.30. The topological polar surface area (TPSA) is 104 Å². The van der Waals surface area contributed by atoms with Crippen molar-refractivity contribution in [1.82, 2.24) is 4.90 Å². The zero-order valence-corrected chi connectivity index (χ0v) is 8.67. The zero-order chi connectivity index (χ0) is 12.3. The molecule has 0 saturated heterocycles. The number of anilines is 1. The SMILES string of the molecule is Cc1cccc(CN(C(=O)O)C(=O)O)c1N. The lowest BCUT2D eigenvalue weighted by atomic mass is 10.1. The number of carboxylic acid groups (broad SMARTS) is 2. The normalized spacial score (nSPS) is 9.81. The van der Waals surface area contributed by atoms with Gasteiger partial charge in [-0.25, -0.2) is 14.5 Å². The van der Waals surface area contributed by atoms with Gasteiger partial charge in [-0.05, 0) is 18.1 Å². The van der Waals surface area contributed by atoms with E-state index in [2.05, 4.69) is 0 Å². The van der Waals surface area contributed by atoms with E-state index in [0.29, 0.717) is 11.3 Å². The molecule has 1 aromatic carbocycles. The average Bonchev–Trinajstić information content (AvgIpc) is 2.19. The van der Waals surface area contributed by atoms with Crippen LogP contribution in [0.1, 0.15) is 11.1 Å². The average molecular weight is 224 g/mol. The minimum Gasteiger partial charge on any atom is -0.465 e. The molecule has 2 amide bonds. The van der Waals surface area contributed by atoms with Crippen LogP contribution >= 0.6 is 0 Å². The molecule has 0 aliphatic carbocycles. The number of aryl methyl sites for hydroxylation is 1. The number of amides is 2. The van der Waals surface area contributed by atoms with Gasteiger partial charge in [0, 0.05) is 5.69 Å². The van der Waals surface area contributed by atoms with Crippen LogP contribution < -0.4 is 5.73 Å². The molecule has 0 bridgehead atoms. The fraction of sp³-hybridized carbons (Fsp3) is 0.200. The number of carbonyl (C=O) groups is 2. The molecule has 0 atom stereocenters. The van der Waals surface area contributed by atoms with Crippen molar-refractivity contribution in [3.63, 3.8) is 0 Å². The van der Waals surface area contributed by atoms with Gasteiger partial charge in [0.1, 0.15) is 0 Å². The van der Waals surface area contributed by atoms with E-state index in [-0.39, 0.29) is 11.4 Å². The summed E-state index contributed by atoms with van der Waals surface area (Å²) in [5, 5.41) is 17.3. The molecule has 1 rings (SSSR count). The summed E-state index contributed by atoms with van der Waals surface area (Å²) in [5.74, 6) is 0. The maximum atomic E-state index is 10.6. The summed E-state index contributed by atoms with van der Waals surface area (Å²) < 4.78 is 0. The lowest BCUT2D eigenvalue weighted by Crippen LogP contribution is -2.34. The molecule has 16 heavy (non-hydrogen) atoms. The lowest BCUT2D eigenvalue weighted by Gasteiger charge is -2.15. The maximum absolute atomic E-state index is 10.6. The Morgan fingerprint density at radius 1 is 1.31 bits per heavy atom. The highest BCUT2D eigenvalue weighted by atomic mass is 16.4. The minimum absolute atomic E-state index is 0.266. The Morgan fingerprint density at radius 3 is 2.38 bits per heavy atom. The van der Waals surface area contributed by atoms with Crippen molar-refractivity contribution in [3.05, 3.63) is 29.3 Å². The molecular formula is C10H12N2O4. The second kappa shape index (κ2) is 4.52. The summed E-state index contributed by atoms with van der Waals surface area (Å²) in [5.41, 5.74) is 7.39. The van der Waals surface area contributed by atoms with Crippen LogP contribution in [0, 0.1) is 6.92 Å². The Balaban J connectivity index is 2.98. The van der Waals surface area contributed by atoms with Crippen LogP contribution in [0.3, 0.4) is 0 Å².